The molecular formula is C17H20O3. The molecule has 0 saturated heterocycles. The van der Waals surface area contributed by atoms with Crippen molar-refractivity contribution in [3.05, 3.63) is 59.7 Å². The zero-order valence-electron chi connectivity index (χ0n) is 12.0. The number of para-hydroxylation sites is 2. The van der Waals surface area contributed by atoms with E-state index >= 15 is 0 Å². The highest BCUT2D eigenvalue weighted by molar-refractivity contribution is 5.52. The molecule has 1 heterocycles. The third-order valence-corrected chi connectivity index (χ3v) is 2.99. The van der Waals surface area contributed by atoms with E-state index in [1.165, 1.54) is 11.1 Å². The summed E-state index contributed by atoms with van der Waals surface area (Å²) in [5.41, 5.74) is 2.55. The highest BCUT2D eigenvalue weighted by atomic mass is 16.5. The maximum absolute atomic E-state index is 8.36. The molecule has 0 radical (unpaired) electrons. The van der Waals surface area contributed by atoms with Gasteiger partial charge in [0.25, 0.3) is 6.47 Å². The lowest BCUT2D eigenvalue weighted by Crippen LogP contribution is -2.06. The van der Waals surface area contributed by atoms with E-state index in [2.05, 4.69) is 31.2 Å². The zero-order chi connectivity index (χ0) is 15.0. The molecule has 3 rings (SSSR count). The Balaban J connectivity index is 0.000000357. The summed E-state index contributed by atoms with van der Waals surface area (Å²) in [7, 11) is 0. The van der Waals surface area contributed by atoms with Gasteiger partial charge in [0.15, 0.2) is 0 Å². The Morgan fingerprint density at radius 3 is 1.70 bits per heavy atom. The largest absolute Gasteiger partial charge is 0.483 e. The highest BCUT2D eigenvalue weighted by Gasteiger charge is 2.22. The molecule has 1 aliphatic heterocycles. The summed E-state index contributed by atoms with van der Waals surface area (Å²) in [5, 5.41) is 6.89. The van der Waals surface area contributed by atoms with Gasteiger partial charge < -0.3 is 9.84 Å². The van der Waals surface area contributed by atoms with Gasteiger partial charge in [-0.2, -0.15) is 0 Å². The van der Waals surface area contributed by atoms with Gasteiger partial charge in [0, 0.05) is 17.0 Å². The molecule has 20 heavy (non-hydrogen) atoms. The van der Waals surface area contributed by atoms with Gasteiger partial charge in [-0.05, 0) is 12.1 Å². The monoisotopic (exact) mass is 272 g/mol. The Labute approximate surface area is 119 Å². The molecule has 1 aliphatic rings. The van der Waals surface area contributed by atoms with E-state index in [0.717, 1.165) is 11.5 Å². The molecule has 0 fully saturated rings. The molecule has 0 aromatic heterocycles. The lowest BCUT2D eigenvalue weighted by atomic mass is 9.90. The maximum Gasteiger partial charge on any atom is 0.290 e. The molecule has 0 amide bonds. The fourth-order valence-electron chi connectivity index (χ4n) is 2.15. The van der Waals surface area contributed by atoms with E-state index in [9.17, 15) is 0 Å². The average molecular weight is 272 g/mol. The molecular weight excluding hydrogens is 252 g/mol. The second kappa shape index (κ2) is 8.00. The Bertz CT molecular complexity index is 504. The van der Waals surface area contributed by atoms with E-state index in [-0.39, 0.29) is 6.47 Å². The smallest absolute Gasteiger partial charge is 0.290 e. The first-order chi connectivity index (χ1) is 9.77. The van der Waals surface area contributed by atoms with Crippen LogP contribution in [0.3, 0.4) is 0 Å². The van der Waals surface area contributed by atoms with Crippen LogP contribution in [0, 0.1) is 0 Å². The first kappa shape index (κ1) is 15.8. The molecule has 0 bridgehead atoms. The Kier molecular flexibility index (Phi) is 6.30. The summed E-state index contributed by atoms with van der Waals surface area (Å²) < 4.78 is 5.85. The number of hydrogen-bond acceptors (Lipinski definition) is 2. The standard InChI is InChI=1S/C14H12O.C2H6.CH2O2/c1-10-11-6-2-4-8-13(11)15-14-9-5-3-7-12(10)14;1-2;2-1-3/h2-10H,1H3;1-2H3;1H,(H,2,3). The molecule has 106 valence electrons. The lowest BCUT2D eigenvalue weighted by Gasteiger charge is -2.25. The van der Waals surface area contributed by atoms with Crippen molar-refractivity contribution in [2.45, 2.75) is 26.7 Å². The van der Waals surface area contributed by atoms with Crippen LogP contribution in [-0.4, -0.2) is 11.6 Å². The van der Waals surface area contributed by atoms with Gasteiger partial charge in [0.1, 0.15) is 11.5 Å². The molecule has 3 nitrogen and oxygen atoms in total. The van der Waals surface area contributed by atoms with Crippen LogP contribution < -0.4 is 4.74 Å². The SMILES string of the molecule is CC.CC1c2ccccc2Oc2ccccc21.O=CO. The first-order valence-electron chi connectivity index (χ1n) is 6.71. The normalized spacial score (nSPS) is 11.3. The van der Waals surface area contributed by atoms with Crippen LogP contribution in [0.4, 0.5) is 0 Å². The molecule has 0 atom stereocenters. The van der Waals surface area contributed by atoms with E-state index in [4.69, 9.17) is 14.6 Å². The van der Waals surface area contributed by atoms with Crippen molar-refractivity contribution in [2.75, 3.05) is 0 Å². The Hall–Kier alpha value is -2.29. The van der Waals surface area contributed by atoms with Crippen molar-refractivity contribution in [3.8, 4) is 11.5 Å². The Morgan fingerprint density at radius 1 is 0.950 bits per heavy atom. The topological polar surface area (TPSA) is 46.5 Å². The van der Waals surface area contributed by atoms with Crippen LogP contribution in [0.15, 0.2) is 48.5 Å². The van der Waals surface area contributed by atoms with Gasteiger partial charge in [0.2, 0.25) is 0 Å². The molecule has 3 heteroatoms. The fourth-order valence-corrected chi connectivity index (χ4v) is 2.15. The number of rotatable bonds is 0. The maximum atomic E-state index is 8.36. The van der Waals surface area contributed by atoms with Crippen LogP contribution in [0.1, 0.15) is 37.8 Å². The van der Waals surface area contributed by atoms with E-state index in [0.29, 0.717) is 5.92 Å². The van der Waals surface area contributed by atoms with Gasteiger partial charge in [-0.3, -0.25) is 4.79 Å². The minimum Gasteiger partial charge on any atom is -0.483 e. The zero-order valence-corrected chi connectivity index (χ0v) is 12.0. The number of fused-ring (bicyclic) bond motifs is 2. The van der Waals surface area contributed by atoms with E-state index < -0.39 is 0 Å². The highest BCUT2D eigenvalue weighted by Crippen LogP contribution is 2.43. The predicted molar refractivity (Wildman–Crippen MR) is 80.5 cm³/mol. The lowest BCUT2D eigenvalue weighted by molar-refractivity contribution is -0.122. The van der Waals surface area contributed by atoms with Crippen LogP contribution in [0.2, 0.25) is 0 Å². The second-order valence-electron chi connectivity index (χ2n) is 4.00. The van der Waals surface area contributed by atoms with Crippen molar-refractivity contribution >= 4 is 6.47 Å². The number of carbonyl (C=O) groups is 1. The summed E-state index contributed by atoms with van der Waals surface area (Å²) in [6.45, 7) is 5.97. The molecule has 1 N–H and O–H groups in total. The second-order valence-corrected chi connectivity index (χ2v) is 4.00. The van der Waals surface area contributed by atoms with Crippen molar-refractivity contribution in [1.82, 2.24) is 0 Å². The van der Waals surface area contributed by atoms with Gasteiger partial charge in [0.05, 0.1) is 0 Å². The molecule has 2 aromatic carbocycles. The quantitative estimate of drug-likeness (QED) is 0.709. The molecule has 0 aliphatic carbocycles. The van der Waals surface area contributed by atoms with Crippen molar-refractivity contribution in [1.29, 1.82) is 0 Å². The van der Waals surface area contributed by atoms with Crippen LogP contribution >= 0.6 is 0 Å². The number of carboxylic acid groups (broad SMARTS) is 1. The molecule has 2 aromatic rings. The predicted octanol–water partition coefficient (Wildman–Crippen LogP) is 4.67. The third kappa shape index (κ3) is 3.38. The summed E-state index contributed by atoms with van der Waals surface area (Å²) in [6.07, 6.45) is 0. The summed E-state index contributed by atoms with van der Waals surface area (Å²) in [6, 6.07) is 16.5. The average Bonchev–Trinajstić information content (AvgIpc) is 2.50. The number of hydrogen-bond donors (Lipinski definition) is 1. The fraction of sp³-hybridized carbons (Fsp3) is 0.235. The third-order valence-electron chi connectivity index (χ3n) is 2.99. The summed E-state index contributed by atoms with van der Waals surface area (Å²) in [5.74, 6) is 2.40. The van der Waals surface area contributed by atoms with Crippen LogP contribution in [0.5, 0.6) is 11.5 Å². The van der Waals surface area contributed by atoms with Crippen LogP contribution in [-0.2, 0) is 4.79 Å². The van der Waals surface area contributed by atoms with E-state index in [1.54, 1.807) is 0 Å². The van der Waals surface area contributed by atoms with Gasteiger partial charge >= 0.3 is 0 Å². The van der Waals surface area contributed by atoms with Crippen molar-refractivity contribution < 1.29 is 14.6 Å². The Morgan fingerprint density at radius 2 is 1.30 bits per heavy atom. The van der Waals surface area contributed by atoms with Crippen LogP contribution in [0.25, 0.3) is 0 Å². The number of benzene rings is 2. The number of ether oxygens (including phenoxy) is 1. The summed E-state index contributed by atoms with van der Waals surface area (Å²) >= 11 is 0. The molecule has 0 spiro atoms. The van der Waals surface area contributed by atoms with Gasteiger partial charge in [-0.15, -0.1) is 0 Å². The molecule has 0 unspecified atom stereocenters. The van der Waals surface area contributed by atoms with Gasteiger partial charge in [-0.25, -0.2) is 0 Å². The van der Waals surface area contributed by atoms with Gasteiger partial charge in [-0.1, -0.05) is 57.2 Å². The first-order valence-corrected chi connectivity index (χ1v) is 6.71. The van der Waals surface area contributed by atoms with E-state index in [1.807, 2.05) is 38.1 Å². The van der Waals surface area contributed by atoms with Crippen molar-refractivity contribution in [2.24, 2.45) is 0 Å². The van der Waals surface area contributed by atoms with Crippen molar-refractivity contribution in [3.63, 3.8) is 0 Å². The molecule has 0 saturated carbocycles. The minimum atomic E-state index is -0.250. The summed E-state index contributed by atoms with van der Waals surface area (Å²) in [4.78, 5) is 8.36. The minimum absolute atomic E-state index is 0.250.